The van der Waals surface area contributed by atoms with Crippen LogP contribution in [0.4, 0.5) is 14.9 Å². The van der Waals surface area contributed by atoms with Crippen LogP contribution in [-0.4, -0.2) is 48.1 Å². The molecule has 1 aromatic heterocycles. The minimum absolute atomic E-state index is 0.0432. The van der Waals surface area contributed by atoms with Crippen LogP contribution in [0.1, 0.15) is 23.3 Å². The molecular weight excluding hydrogens is 387 g/mol. The molecule has 9 heteroatoms. The highest BCUT2D eigenvalue weighted by atomic mass is 35.5. The van der Waals surface area contributed by atoms with Crippen molar-refractivity contribution < 1.29 is 18.7 Å². The molecule has 0 unspecified atom stereocenters. The van der Waals surface area contributed by atoms with Crippen LogP contribution in [-0.2, 0) is 0 Å². The van der Waals surface area contributed by atoms with E-state index in [1.54, 1.807) is 17.0 Å². The highest BCUT2D eigenvalue weighted by Gasteiger charge is 2.24. The van der Waals surface area contributed by atoms with Crippen molar-refractivity contribution in [2.75, 3.05) is 25.5 Å². The van der Waals surface area contributed by atoms with Gasteiger partial charge in [0, 0.05) is 50.9 Å². The number of benzene rings is 1. The summed E-state index contributed by atoms with van der Waals surface area (Å²) in [6.45, 7) is 1.03. The normalized spacial score (nSPS) is 14.5. The molecule has 1 aromatic carbocycles. The van der Waals surface area contributed by atoms with Crippen molar-refractivity contribution in [2.24, 2.45) is 0 Å². The third kappa shape index (κ3) is 4.89. The summed E-state index contributed by atoms with van der Waals surface area (Å²) < 4.78 is 19.1. The van der Waals surface area contributed by atoms with E-state index >= 15 is 0 Å². The van der Waals surface area contributed by atoms with Crippen LogP contribution >= 0.6 is 11.6 Å². The first kappa shape index (κ1) is 19.9. The molecule has 0 spiro atoms. The summed E-state index contributed by atoms with van der Waals surface area (Å²) in [7, 11) is 1.54. The van der Waals surface area contributed by atoms with Gasteiger partial charge < -0.3 is 20.3 Å². The van der Waals surface area contributed by atoms with E-state index in [0.29, 0.717) is 37.4 Å². The van der Waals surface area contributed by atoms with Crippen LogP contribution in [0.5, 0.6) is 5.75 Å². The third-order valence-electron chi connectivity index (χ3n) is 4.39. The van der Waals surface area contributed by atoms with Gasteiger partial charge in [-0.25, -0.2) is 9.18 Å². The number of nitrogens with zero attached hydrogens (tertiary/aromatic N) is 2. The van der Waals surface area contributed by atoms with Gasteiger partial charge in [0.1, 0.15) is 23.4 Å². The predicted molar refractivity (Wildman–Crippen MR) is 103 cm³/mol. The zero-order valence-corrected chi connectivity index (χ0v) is 16.0. The molecule has 148 valence electrons. The van der Waals surface area contributed by atoms with Crippen LogP contribution in [0.25, 0.3) is 0 Å². The average Bonchev–Trinajstić information content (AvgIpc) is 2.71. The van der Waals surface area contributed by atoms with E-state index in [1.165, 1.54) is 31.4 Å². The maximum absolute atomic E-state index is 13.2. The van der Waals surface area contributed by atoms with Gasteiger partial charge >= 0.3 is 6.03 Å². The van der Waals surface area contributed by atoms with Crippen molar-refractivity contribution in [1.82, 2.24) is 15.2 Å². The summed E-state index contributed by atoms with van der Waals surface area (Å²) in [6, 6.07) is 7.06. The van der Waals surface area contributed by atoms with Crippen molar-refractivity contribution in [2.45, 2.75) is 18.9 Å². The molecule has 0 aliphatic carbocycles. The van der Waals surface area contributed by atoms with E-state index in [1.807, 2.05) is 0 Å². The first-order valence-corrected chi connectivity index (χ1v) is 9.20. The number of carbonyl (C=O) groups excluding carboxylic acids is 2. The lowest BCUT2D eigenvalue weighted by Gasteiger charge is -2.32. The lowest BCUT2D eigenvalue weighted by molar-refractivity contribution is 0.0954. The van der Waals surface area contributed by atoms with E-state index in [2.05, 4.69) is 15.6 Å². The smallest absolute Gasteiger partial charge is 0.321 e. The van der Waals surface area contributed by atoms with Crippen LogP contribution in [0, 0.1) is 5.82 Å². The largest absolute Gasteiger partial charge is 0.490 e. The summed E-state index contributed by atoms with van der Waals surface area (Å²) in [6.07, 6.45) is 2.75. The Morgan fingerprint density at radius 3 is 2.68 bits per heavy atom. The second kappa shape index (κ2) is 8.88. The number of hydrogen-bond acceptors (Lipinski definition) is 4. The number of urea groups is 1. The van der Waals surface area contributed by atoms with Crippen molar-refractivity contribution in [1.29, 1.82) is 0 Å². The number of carbonyl (C=O) groups is 2. The molecule has 2 N–H and O–H groups in total. The molecular formula is C19H20ClFN4O3. The Morgan fingerprint density at radius 2 is 2.00 bits per heavy atom. The molecule has 3 amide bonds. The summed E-state index contributed by atoms with van der Waals surface area (Å²) >= 11 is 5.73. The van der Waals surface area contributed by atoms with E-state index in [0.717, 1.165) is 0 Å². The number of amides is 3. The molecule has 1 aliphatic heterocycles. The van der Waals surface area contributed by atoms with E-state index in [4.69, 9.17) is 16.3 Å². The Hall–Kier alpha value is -2.87. The van der Waals surface area contributed by atoms with E-state index in [-0.39, 0.29) is 28.8 Å². The van der Waals surface area contributed by atoms with Crippen LogP contribution in [0.15, 0.2) is 36.5 Å². The Bertz CT molecular complexity index is 872. The van der Waals surface area contributed by atoms with E-state index < -0.39 is 5.82 Å². The second-order valence-corrected chi connectivity index (χ2v) is 6.73. The molecule has 2 heterocycles. The minimum Gasteiger partial charge on any atom is -0.490 e. The number of anilines is 1. The molecule has 1 fully saturated rings. The number of ether oxygens (including phenoxy) is 1. The number of pyridine rings is 1. The average molecular weight is 407 g/mol. The van der Waals surface area contributed by atoms with Gasteiger partial charge in [-0.1, -0.05) is 11.6 Å². The van der Waals surface area contributed by atoms with E-state index in [9.17, 15) is 14.0 Å². The number of rotatable bonds is 4. The number of piperidine rings is 1. The maximum atomic E-state index is 13.2. The van der Waals surface area contributed by atoms with Crippen molar-refractivity contribution >= 4 is 29.2 Å². The summed E-state index contributed by atoms with van der Waals surface area (Å²) in [5.41, 5.74) is 0.725. The lowest BCUT2D eigenvalue weighted by atomic mass is 10.1. The van der Waals surface area contributed by atoms with Crippen molar-refractivity contribution in [3.05, 3.63) is 53.1 Å². The fraction of sp³-hybridized carbons (Fsp3) is 0.316. The van der Waals surface area contributed by atoms with Gasteiger partial charge in [0.15, 0.2) is 0 Å². The molecule has 0 radical (unpaired) electrons. The summed E-state index contributed by atoms with van der Waals surface area (Å²) in [4.78, 5) is 29.7. The van der Waals surface area contributed by atoms with Gasteiger partial charge in [-0.05, 0) is 24.3 Å². The highest BCUT2D eigenvalue weighted by Crippen LogP contribution is 2.22. The number of hydrogen-bond donors (Lipinski definition) is 2. The number of nitrogens with one attached hydrogen (secondary N) is 2. The molecule has 0 atom stereocenters. The first-order chi connectivity index (χ1) is 13.5. The zero-order valence-electron chi connectivity index (χ0n) is 15.2. The highest BCUT2D eigenvalue weighted by molar-refractivity contribution is 6.31. The van der Waals surface area contributed by atoms with Gasteiger partial charge in [0.2, 0.25) is 0 Å². The molecule has 0 saturated carbocycles. The topological polar surface area (TPSA) is 83.6 Å². The molecule has 1 aliphatic rings. The fourth-order valence-corrected chi connectivity index (χ4v) is 3.06. The van der Waals surface area contributed by atoms with Crippen LogP contribution < -0.4 is 15.4 Å². The Labute approximate surface area is 166 Å². The quantitative estimate of drug-likeness (QED) is 0.816. The Balaban J connectivity index is 1.52. The molecule has 28 heavy (non-hydrogen) atoms. The third-order valence-corrected chi connectivity index (χ3v) is 4.68. The molecule has 7 nitrogen and oxygen atoms in total. The van der Waals surface area contributed by atoms with Gasteiger partial charge in [0.25, 0.3) is 5.91 Å². The zero-order chi connectivity index (χ0) is 20.1. The van der Waals surface area contributed by atoms with Crippen LogP contribution in [0.3, 0.4) is 0 Å². The standard InChI is InChI=1S/C19H20ClFN4O3/c1-22-18(26)17-11-14(4-7-23-17)28-13-5-8-25(9-6-13)19(27)24-12-2-3-16(21)15(20)10-12/h2-4,7,10-11,13H,5-6,8-9H2,1H3,(H,22,26)(H,24,27). The van der Waals surface area contributed by atoms with Gasteiger partial charge in [-0.15, -0.1) is 0 Å². The maximum Gasteiger partial charge on any atom is 0.321 e. The number of halogens is 2. The monoisotopic (exact) mass is 406 g/mol. The van der Waals surface area contributed by atoms with Gasteiger partial charge in [-0.3, -0.25) is 9.78 Å². The summed E-state index contributed by atoms with van der Waals surface area (Å²) in [5, 5.41) is 5.19. The van der Waals surface area contributed by atoms with Gasteiger partial charge in [0.05, 0.1) is 5.02 Å². The molecule has 2 aromatic rings. The lowest BCUT2D eigenvalue weighted by Crippen LogP contribution is -2.43. The molecule has 1 saturated heterocycles. The molecule has 0 bridgehead atoms. The second-order valence-electron chi connectivity index (χ2n) is 6.32. The SMILES string of the molecule is CNC(=O)c1cc(OC2CCN(C(=O)Nc3ccc(F)c(Cl)c3)CC2)ccn1. The number of likely N-dealkylation sites (tertiary alicyclic amines) is 1. The Morgan fingerprint density at radius 1 is 1.25 bits per heavy atom. The van der Waals surface area contributed by atoms with Gasteiger partial charge in [-0.2, -0.15) is 0 Å². The fourth-order valence-electron chi connectivity index (χ4n) is 2.88. The summed E-state index contributed by atoms with van der Waals surface area (Å²) in [5.74, 6) is -0.247. The first-order valence-electron chi connectivity index (χ1n) is 8.82. The molecule has 3 rings (SSSR count). The minimum atomic E-state index is -0.534. The Kier molecular flexibility index (Phi) is 6.30. The van der Waals surface area contributed by atoms with Crippen LogP contribution in [0.2, 0.25) is 5.02 Å². The van der Waals surface area contributed by atoms with Crippen molar-refractivity contribution in [3.8, 4) is 5.75 Å². The van der Waals surface area contributed by atoms with Crippen molar-refractivity contribution in [3.63, 3.8) is 0 Å². The predicted octanol–water partition coefficient (Wildman–Crippen LogP) is 3.31. The number of aromatic nitrogens is 1.